The van der Waals surface area contributed by atoms with Crippen molar-refractivity contribution < 1.29 is 14.7 Å². The highest BCUT2D eigenvalue weighted by Gasteiger charge is 2.15. The van der Waals surface area contributed by atoms with Crippen LogP contribution in [0.15, 0.2) is 0 Å². The van der Waals surface area contributed by atoms with E-state index >= 15 is 0 Å². The number of piperidine rings is 1. The minimum Gasteiger partial charge on any atom is -0.481 e. The number of likely N-dealkylation sites (tertiary alicyclic amines) is 1. The van der Waals surface area contributed by atoms with E-state index < -0.39 is 11.9 Å². The molecule has 19 heavy (non-hydrogen) atoms. The van der Waals surface area contributed by atoms with Gasteiger partial charge in [-0.15, -0.1) is 0 Å². The zero-order chi connectivity index (χ0) is 14.1. The molecule has 1 aliphatic rings. The Morgan fingerprint density at radius 3 is 2.47 bits per heavy atom. The predicted molar refractivity (Wildman–Crippen MR) is 73.1 cm³/mol. The van der Waals surface area contributed by atoms with Crippen LogP contribution in [0.4, 0.5) is 4.79 Å². The van der Waals surface area contributed by atoms with Crippen molar-refractivity contribution in [3.05, 3.63) is 0 Å². The molecule has 1 atom stereocenters. The van der Waals surface area contributed by atoms with E-state index in [2.05, 4.69) is 15.5 Å². The molecule has 3 N–H and O–H groups in total. The fourth-order valence-electron chi connectivity index (χ4n) is 2.20. The van der Waals surface area contributed by atoms with Crippen LogP contribution in [0.25, 0.3) is 0 Å². The maximum atomic E-state index is 11.5. The quantitative estimate of drug-likeness (QED) is 0.642. The van der Waals surface area contributed by atoms with E-state index in [4.69, 9.17) is 5.11 Å². The molecule has 0 aromatic carbocycles. The van der Waals surface area contributed by atoms with E-state index in [1.165, 1.54) is 19.3 Å². The lowest BCUT2D eigenvalue weighted by molar-refractivity contribution is -0.141. The fraction of sp³-hybridized carbons (Fsp3) is 0.846. The number of nitrogens with zero attached hydrogens (tertiary/aromatic N) is 1. The summed E-state index contributed by atoms with van der Waals surface area (Å²) in [6.45, 7) is 5.68. The molecule has 1 saturated heterocycles. The lowest BCUT2D eigenvalue weighted by Gasteiger charge is -2.26. The zero-order valence-electron chi connectivity index (χ0n) is 11.7. The largest absolute Gasteiger partial charge is 0.481 e. The number of urea groups is 1. The molecule has 110 valence electrons. The molecule has 0 spiro atoms. The molecule has 6 nitrogen and oxygen atoms in total. The molecule has 0 aliphatic carbocycles. The van der Waals surface area contributed by atoms with Crippen LogP contribution in [0.2, 0.25) is 0 Å². The number of carbonyl (C=O) groups excluding carboxylic acids is 1. The van der Waals surface area contributed by atoms with Crippen molar-refractivity contribution in [2.45, 2.75) is 32.6 Å². The summed E-state index contributed by atoms with van der Waals surface area (Å²) in [5.74, 6) is -1.37. The van der Waals surface area contributed by atoms with Crippen LogP contribution in [-0.4, -0.2) is 54.7 Å². The minimum atomic E-state index is -0.865. The van der Waals surface area contributed by atoms with Gasteiger partial charge in [-0.25, -0.2) is 4.79 Å². The topological polar surface area (TPSA) is 81.7 Å². The lowest BCUT2D eigenvalue weighted by Crippen LogP contribution is -2.43. The molecule has 1 unspecified atom stereocenters. The predicted octanol–water partition coefficient (Wildman–Crippen LogP) is 0.882. The molecular formula is C13H25N3O3. The SMILES string of the molecule is CCC(CNC(=O)NCCN1CCCCC1)C(=O)O. The van der Waals surface area contributed by atoms with Gasteiger partial charge in [0.25, 0.3) is 0 Å². The van der Waals surface area contributed by atoms with E-state index in [-0.39, 0.29) is 12.6 Å². The van der Waals surface area contributed by atoms with Crippen molar-refractivity contribution in [1.82, 2.24) is 15.5 Å². The first-order valence-electron chi connectivity index (χ1n) is 7.10. The van der Waals surface area contributed by atoms with Gasteiger partial charge >= 0.3 is 12.0 Å². The second kappa shape index (κ2) is 8.74. The van der Waals surface area contributed by atoms with Crippen molar-refractivity contribution >= 4 is 12.0 Å². The van der Waals surface area contributed by atoms with Crippen LogP contribution in [0.3, 0.4) is 0 Å². The van der Waals surface area contributed by atoms with E-state index in [9.17, 15) is 9.59 Å². The Morgan fingerprint density at radius 1 is 1.21 bits per heavy atom. The van der Waals surface area contributed by atoms with Crippen LogP contribution in [0.5, 0.6) is 0 Å². The molecule has 0 aromatic rings. The van der Waals surface area contributed by atoms with Crippen molar-refractivity contribution in [1.29, 1.82) is 0 Å². The summed E-state index contributed by atoms with van der Waals surface area (Å²) in [5, 5.41) is 14.2. The van der Waals surface area contributed by atoms with E-state index in [1.54, 1.807) is 6.92 Å². The molecule has 6 heteroatoms. The van der Waals surface area contributed by atoms with Crippen molar-refractivity contribution in [3.63, 3.8) is 0 Å². The Morgan fingerprint density at radius 2 is 1.89 bits per heavy atom. The summed E-state index contributed by atoms with van der Waals surface area (Å²) in [6.07, 6.45) is 4.30. The molecule has 0 saturated carbocycles. The highest BCUT2D eigenvalue weighted by Crippen LogP contribution is 2.07. The maximum Gasteiger partial charge on any atom is 0.314 e. The van der Waals surface area contributed by atoms with Crippen LogP contribution < -0.4 is 10.6 Å². The monoisotopic (exact) mass is 271 g/mol. The number of hydrogen-bond donors (Lipinski definition) is 3. The van der Waals surface area contributed by atoms with Gasteiger partial charge < -0.3 is 20.6 Å². The molecule has 1 heterocycles. The number of aliphatic carboxylic acids is 1. The number of carboxylic acids is 1. The third kappa shape index (κ3) is 6.42. The molecule has 2 amide bonds. The van der Waals surface area contributed by atoms with E-state index in [0.717, 1.165) is 19.6 Å². The third-order valence-electron chi connectivity index (χ3n) is 3.51. The average Bonchev–Trinajstić information content (AvgIpc) is 2.40. The molecule has 0 radical (unpaired) electrons. The summed E-state index contributed by atoms with van der Waals surface area (Å²) in [4.78, 5) is 24.6. The first-order chi connectivity index (χ1) is 9.13. The third-order valence-corrected chi connectivity index (χ3v) is 3.51. The second-order valence-corrected chi connectivity index (χ2v) is 4.98. The highest BCUT2D eigenvalue weighted by molar-refractivity contribution is 5.75. The summed E-state index contributed by atoms with van der Waals surface area (Å²) in [6, 6.07) is -0.281. The minimum absolute atomic E-state index is 0.182. The highest BCUT2D eigenvalue weighted by atomic mass is 16.4. The first-order valence-corrected chi connectivity index (χ1v) is 7.10. The van der Waals surface area contributed by atoms with Gasteiger partial charge in [0, 0.05) is 19.6 Å². The lowest BCUT2D eigenvalue weighted by atomic mass is 10.1. The number of hydrogen-bond acceptors (Lipinski definition) is 3. The van der Waals surface area contributed by atoms with Gasteiger partial charge in [0.2, 0.25) is 0 Å². The van der Waals surface area contributed by atoms with Crippen LogP contribution >= 0.6 is 0 Å². The molecule has 1 rings (SSSR count). The Hall–Kier alpha value is -1.30. The first kappa shape index (κ1) is 15.8. The summed E-state index contributed by atoms with van der Waals surface area (Å²) in [5.41, 5.74) is 0. The summed E-state index contributed by atoms with van der Waals surface area (Å²) < 4.78 is 0. The Balaban J connectivity index is 2.08. The molecule has 0 aromatic heterocycles. The van der Waals surface area contributed by atoms with E-state index in [1.807, 2.05) is 0 Å². The Kier molecular flexibility index (Phi) is 7.25. The molecule has 0 bridgehead atoms. The van der Waals surface area contributed by atoms with Crippen molar-refractivity contribution in [3.8, 4) is 0 Å². The van der Waals surface area contributed by atoms with Gasteiger partial charge in [0.15, 0.2) is 0 Å². The number of carbonyl (C=O) groups is 2. The molecule has 1 fully saturated rings. The second-order valence-electron chi connectivity index (χ2n) is 4.98. The van der Waals surface area contributed by atoms with Gasteiger partial charge in [0.1, 0.15) is 0 Å². The molecular weight excluding hydrogens is 246 g/mol. The van der Waals surface area contributed by atoms with E-state index in [0.29, 0.717) is 13.0 Å². The number of rotatable bonds is 7. The fourth-order valence-corrected chi connectivity index (χ4v) is 2.20. The van der Waals surface area contributed by atoms with Gasteiger partial charge in [-0.05, 0) is 32.4 Å². The van der Waals surface area contributed by atoms with Gasteiger partial charge in [-0.1, -0.05) is 13.3 Å². The number of amides is 2. The van der Waals surface area contributed by atoms with Crippen LogP contribution in [0.1, 0.15) is 32.6 Å². The van der Waals surface area contributed by atoms with Crippen LogP contribution in [0, 0.1) is 5.92 Å². The molecule has 1 aliphatic heterocycles. The average molecular weight is 271 g/mol. The van der Waals surface area contributed by atoms with Gasteiger partial charge in [-0.3, -0.25) is 4.79 Å². The normalized spacial score (nSPS) is 17.7. The number of carboxylic acid groups (broad SMARTS) is 1. The zero-order valence-corrected chi connectivity index (χ0v) is 11.7. The smallest absolute Gasteiger partial charge is 0.314 e. The Labute approximate surface area is 114 Å². The van der Waals surface area contributed by atoms with Crippen molar-refractivity contribution in [2.75, 3.05) is 32.7 Å². The summed E-state index contributed by atoms with van der Waals surface area (Å²) in [7, 11) is 0. The standard InChI is InChI=1S/C13H25N3O3/c1-2-11(12(17)18)10-15-13(19)14-6-9-16-7-4-3-5-8-16/h11H,2-10H2,1H3,(H,17,18)(H2,14,15,19). The van der Waals surface area contributed by atoms with Crippen LogP contribution in [-0.2, 0) is 4.79 Å². The van der Waals surface area contributed by atoms with Crippen molar-refractivity contribution in [2.24, 2.45) is 5.92 Å². The Bertz CT molecular complexity index is 291. The maximum absolute atomic E-state index is 11.5. The van der Waals surface area contributed by atoms with Gasteiger partial charge in [0.05, 0.1) is 5.92 Å². The summed E-state index contributed by atoms with van der Waals surface area (Å²) >= 11 is 0. The number of nitrogens with one attached hydrogen (secondary N) is 2. The van der Waals surface area contributed by atoms with Gasteiger partial charge in [-0.2, -0.15) is 0 Å².